The van der Waals surface area contributed by atoms with Crippen molar-refractivity contribution in [2.24, 2.45) is 5.73 Å². The van der Waals surface area contributed by atoms with E-state index in [4.69, 9.17) is 26.8 Å². The molecule has 0 bridgehead atoms. The van der Waals surface area contributed by atoms with Crippen molar-refractivity contribution < 1.29 is 9.47 Å². The number of hydrogen-bond acceptors (Lipinski definition) is 4. The van der Waals surface area contributed by atoms with Crippen molar-refractivity contribution in [2.45, 2.75) is 25.5 Å². The zero-order valence-electron chi connectivity index (χ0n) is 12.1. The number of rotatable bonds is 6. The molecular weight excluding hydrogens is 288 g/mol. The van der Waals surface area contributed by atoms with Gasteiger partial charge in [0.15, 0.2) is 0 Å². The predicted molar refractivity (Wildman–Crippen MR) is 83.9 cm³/mol. The Morgan fingerprint density at radius 1 is 1.24 bits per heavy atom. The van der Waals surface area contributed by atoms with Gasteiger partial charge in [0.25, 0.3) is 0 Å². The van der Waals surface area contributed by atoms with Crippen molar-refractivity contribution in [2.75, 3.05) is 7.11 Å². The third-order valence-electron chi connectivity index (χ3n) is 3.23. The van der Waals surface area contributed by atoms with Gasteiger partial charge in [0.1, 0.15) is 17.6 Å². The van der Waals surface area contributed by atoms with Gasteiger partial charge in [-0.1, -0.05) is 30.7 Å². The first-order valence-electron chi connectivity index (χ1n) is 6.80. The number of nitrogens with two attached hydrogens (primary N) is 1. The molecule has 0 radical (unpaired) electrons. The summed E-state index contributed by atoms with van der Waals surface area (Å²) in [6, 6.07) is 9.29. The van der Waals surface area contributed by atoms with Crippen LogP contribution in [0.2, 0.25) is 5.02 Å². The minimum Gasteiger partial charge on any atom is -0.497 e. The van der Waals surface area contributed by atoms with E-state index in [2.05, 4.69) is 4.98 Å². The average molecular weight is 307 g/mol. The van der Waals surface area contributed by atoms with E-state index in [1.165, 1.54) is 0 Å². The van der Waals surface area contributed by atoms with Gasteiger partial charge in [-0.15, -0.1) is 0 Å². The minimum atomic E-state index is -0.287. The van der Waals surface area contributed by atoms with Crippen LogP contribution >= 0.6 is 11.6 Å². The summed E-state index contributed by atoms with van der Waals surface area (Å²) in [6.45, 7) is 2.03. The fraction of sp³-hybridized carbons (Fsp3) is 0.312. The van der Waals surface area contributed by atoms with E-state index in [-0.39, 0.29) is 12.1 Å². The highest BCUT2D eigenvalue weighted by molar-refractivity contribution is 6.30. The molecule has 1 aromatic heterocycles. The highest BCUT2D eigenvalue weighted by Crippen LogP contribution is 2.28. The zero-order valence-corrected chi connectivity index (χ0v) is 12.9. The molecule has 2 atom stereocenters. The molecular formula is C16H19ClN2O2. The van der Waals surface area contributed by atoms with Crippen LogP contribution in [0.5, 0.6) is 11.5 Å². The van der Waals surface area contributed by atoms with Crippen LogP contribution in [-0.2, 0) is 0 Å². The molecule has 5 heteroatoms. The van der Waals surface area contributed by atoms with Gasteiger partial charge in [0.2, 0.25) is 0 Å². The Labute approximate surface area is 129 Å². The Bertz CT molecular complexity index is 592. The lowest BCUT2D eigenvalue weighted by molar-refractivity contribution is 0.170. The molecule has 0 amide bonds. The van der Waals surface area contributed by atoms with E-state index < -0.39 is 0 Å². The van der Waals surface area contributed by atoms with E-state index in [1.807, 2.05) is 31.2 Å². The van der Waals surface area contributed by atoms with Crippen molar-refractivity contribution >= 4 is 11.6 Å². The van der Waals surface area contributed by atoms with Gasteiger partial charge in [-0.3, -0.25) is 4.98 Å². The van der Waals surface area contributed by atoms with Crippen LogP contribution in [0.25, 0.3) is 0 Å². The van der Waals surface area contributed by atoms with Crippen molar-refractivity contribution in [1.82, 2.24) is 4.98 Å². The van der Waals surface area contributed by atoms with E-state index >= 15 is 0 Å². The van der Waals surface area contributed by atoms with Gasteiger partial charge in [-0.05, 0) is 24.1 Å². The van der Waals surface area contributed by atoms with Crippen LogP contribution in [0.4, 0.5) is 0 Å². The third-order valence-corrected chi connectivity index (χ3v) is 3.43. The summed E-state index contributed by atoms with van der Waals surface area (Å²) in [4.78, 5) is 4.03. The van der Waals surface area contributed by atoms with Gasteiger partial charge in [0, 0.05) is 18.3 Å². The normalized spacial score (nSPS) is 13.5. The largest absolute Gasteiger partial charge is 0.497 e. The number of pyridine rings is 1. The third kappa shape index (κ3) is 4.09. The lowest BCUT2D eigenvalue weighted by atomic mass is 10.0. The summed E-state index contributed by atoms with van der Waals surface area (Å²) in [7, 11) is 1.63. The summed E-state index contributed by atoms with van der Waals surface area (Å²) in [5.41, 5.74) is 7.17. The molecule has 1 heterocycles. The van der Waals surface area contributed by atoms with Crippen LogP contribution in [0.15, 0.2) is 42.7 Å². The van der Waals surface area contributed by atoms with Crippen LogP contribution < -0.4 is 15.2 Å². The van der Waals surface area contributed by atoms with E-state index in [0.29, 0.717) is 10.8 Å². The Hall–Kier alpha value is -1.78. The average Bonchev–Trinajstić information content (AvgIpc) is 2.52. The standard InChI is InChI=1S/C16H19ClN2O2/c1-3-15(18)16(11-5-4-6-13(7-11)20-2)21-14-8-12(17)9-19-10-14/h4-10,15-16H,3,18H2,1-2H3. The molecule has 0 fully saturated rings. The summed E-state index contributed by atoms with van der Waals surface area (Å²) < 4.78 is 11.3. The quantitative estimate of drug-likeness (QED) is 0.886. The summed E-state index contributed by atoms with van der Waals surface area (Å²) >= 11 is 5.94. The van der Waals surface area contributed by atoms with Crippen LogP contribution in [0.1, 0.15) is 25.0 Å². The SMILES string of the molecule is CCC(N)C(Oc1cncc(Cl)c1)c1cccc(OC)c1. The monoisotopic (exact) mass is 306 g/mol. The molecule has 0 aliphatic carbocycles. The second kappa shape index (κ2) is 7.29. The van der Waals surface area contributed by atoms with Crippen molar-refractivity contribution in [3.8, 4) is 11.5 Å². The lowest BCUT2D eigenvalue weighted by Crippen LogP contribution is -2.31. The first-order valence-corrected chi connectivity index (χ1v) is 7.18. The number of nitrogens with zero attached hydrogens (tertiary/aromatic N) is 1. The zero-order chi connectivity index (χ0) is 15.2. The minimum absolute atomic E-state index is 0.143. The Morgan fingerprint density at radius 2 is 2.05 bits per heavy atom. The Kier molecular flexibility index (Phi) is 5.42. The Balaban J connectivity index is 2.29. The number of aromatic nitrogens is 1. The van der Waals surface area contributed by atoms with Crippen LogP contribution in [0.3, 0.4) is 0 Å². The molecule has 0 saturated heterocycles. The van der Waals surface area contributed by atoms with Crippen molar-refractivity contribution in [3.63, 3.8) is 0 Å². The molecule has 4 nitrogen and oxygen atoms in total. The second-order valence-corrected chi connectivity index (χ2v) is 5.16. The van der Waals surface area contributed by atoms with Gasteiger partial charge in [0.05, 0.1) is 18.3 Å². The van der Waals surface area contributed by atoms with Gasteiger partial charge < -0.3 is 15.2 Å². The molecule has 0 spiro atoms. The maximum atomic E-state index is 6.21. The van der Waals surface area contributed by atoms with Crippen LogP contribution in [-0.4, -0.2) is 18.1 Å². The van der Waals surface area contributed by atoms with Crippen LogP contribution in [0, 0.1) is 0 Å². The van der Waals surface area contributed by atoms with Crippen molar-refractivity contribution in [1.29, 1.82) is 0 Å². The van der Waals surface area contributed by atoms with Gasteiger partial charge in [-0.25, -0.2) is 0 Å². The molecule has 21 heavy (non-hydrogen) atoms. The molecule has 0 aliphatic heterocycles. The number of ether oxygens (including phenoxy) is 2. The molecule has 2 N–H and O–H groups in total. The van der Waals surface area contributed by atoms with E-state index in [9.17, 15) is 0 Å². The van der Waals surface area contributed by atoms with Gasteiger partial charge in [-0.2, -0.15) is 0 Å². The number of methoxy groups -OCH3 is 1. The van der Waals surface area contributed by atoms with E-state index in [1.54, 1.807) is 25.6 Å². The number of benzene rings is 1. The predicted octanol–water partition coefficient (Wildman–Crippen LogP) is 3.60. The first-order chi connectivity index (χ1) is 10.1. The maximum absolute atomic E-state index is 6.21. The number of hydrogen-bond donors (Lipinski definition) is 1. The molecule has 2 unspecified atom stereocenters. The second-order valence-electron chi connectivity index (χ2n) is 4.73. The first kappa shape index (κ1) is 15.6. The van der Waals surface area contributed by atoms with E-state index in [0.717, 1.165) is 17.7 Å². The molecule has 1 aromatic carbocycles. The fourth-order valence-electron chi connectivity index (χ4n) is 2.04. The molecule has 0 aliphatic rings. The Morgan fingerprint density at radius 3 is 2.71 bits per heavy atom. The number of halogens is 1. The highest BCUT2D eigenvalue weighted by atomic mass is 35.5. The summed E-state index contributed by atoms with van der Waals surface area (Å²) in [5, 5.41) is 0.530. The summed E-state index contributed by atoms with van der Waals surface area (Å²) in [6.07, 6.45) is 3.69. The molecule has 2 rings (SSSR count). The maximum Gasteiger partial charge on any atom is 0.140 e. The summed E-state index contributed by atoms with van der Waals surface area (Å²) in [5.74, 6) is 1.37. The highest BCUT2D eigenvalue weighted by Gasteiger charge is 2.21. The smallest absolute Gasteiger partial charge is 0.140 e. The molecule has 0 saturated carbocycles. The topological polar surface area (TPSA) is 57.4 Å². The van der Waals surface area contributed by atoms with Crippen molar-refractivity contribution in [3.05, 3.63) is 53.3 Å². The van der Waals surface area contributed by atoms with Gasteiger partial charge >= 0.3 is 0 Å². The molecule has 2 aromatic rings. The molecule has 112 valence electrons. The lowest BCUT2D eigenvalue weighted by Gasteiger charge is -2.25. The fourth-order valence-corrected chi connectivity index (χ4v) is 2.20.